The Balaban J connectivity index is 1.62. The third-order valence-electron chi connectivity index (χ3n) is 5.67. The lowest BCUT2D eigenvalue weighted by Crippen LogP contribution is -2.35. The molecule has 1 saturated heterocycles. The third kappa shape index (κ3) is 2.89. The number of carbonyl (C=O) groups is 1. The Morgan fingerprint density at radius 3 is 2.85 bits per heavy atom. The Morgan fingerprint density at radius 2 is 2.15 bits per heavy atom. The fraction of sp³-hybridized carbons (Fsp3) is 0.389. The van der Waals surface area contributed by atoms with Crippen LogP contribution < -0.4 is 10.2 Å². The van der Waals surface area contributed by atoms with Crippen molar-refractivity contribution >= 4 is 34.5 Å². The number of benzene rings is 1. The van der Waals surface area contributed by atoms with Crippen molar-refractivity contribution in [1.29, 1.82) is 0 Å². The van der Waals surface area contributed by atoms with Gasteiger partial charge in [-0.1, -0.05) is 18.2 Å². The highest BCUT2D eigenvalue weighted by molar-refractivity contribution is 14.1. The topological polar surface area (TPSA) is 78.4 Å². The summed E-state index contributed by atoms with van der Waals surface area (Å²) in [6, 6.07) is 6.71. The van der Waals surface area contributed by atoms with Crippen LogP contribution >= 0.6 is 22.6 Å². The number of nitrogens with one attached hydrogen (secondary N) is 1. The first-order valence-electron chi connectivity index (χ1n) is 8.46. The van der Waals surface area contributed by atoms with Crippen LogP contribution in [0.25, 0.3) is 0 Å². The van der Waals surface area contributed by atoms with E-state index in [-0.39, 0.29) is 24.2 Å². The number of hydrogen-bond donors (Lipinski definition) is 2. The first-order chi connectivity index (χ1) is 12.5. The smallest absolute Gasteiger partial charge is 0.404 e. The van der Waals surface area contributed by atoms with E-state index in [9.17, 15) is 9.18 Å². The third-order valence-corrected chi connectivity index (χ3v) is 6.22. The van der Waals surface area contributed by atoms with E-state index < -0.39 is 11.5 Å². The molecular formula is C18H18FIN4O2. The summed E-state index contributed by atoms with van der Waals surface area (Å²) in [5.74, 6) is 0.986. The van der Waals surface area contributed by atoms with Crippen molar-refractivity contribution in [3.8, 4) is 0 Å². The van der Waals surface area contributed by atoms with Gasteiger partial charge in [-0.3, -0.25) is 0 Å². The molecule has 1 amide bonds. The molecule has 8 heteroatoms. The Kier molecular flexibility index (Phi) is 4.45. The maximum absolute atomic E-state index is 14.5. The Labute approximate surface area is 164 Å². The SMILES string of the molecule is O=C(O)NC[C@]1(c2ccccc2F)[C@@H]2CCN(c3cnc(I)cn3)C[C@@H]21. The van der Waals surface area contributed by atoms with Gasteiger partial charge in [-0.2, -0.15) is 0 Å². The number of carboxylic acid groups (broad SMARTS) is 1. The lowest BCUT2D eigenvalue weighted by atomic mass is 9.90. The fourth-order valence-corrected chi connectivity index (χ4v) is 4.75. The molecule has 1 aliphatic heterocycles. The second-order valence-electron chi connectivity index (χ2n) is 6.82. The molecule has 6 nitrogen and oxygen atoms in total. The van der Waals surface area contributed by atoms with Crippen LogP contribution in [0.5, 0.6) is 0 Å². The second kappa shape index (κ2) is 6.64. The van der Waals surface area contributed by atoms with Crippen molar-refractivity contribution in [2.75, 3.05) is 24.5 Å². The minimum atomic E-state index is -1.08. The van der Waals surface area contributed by atoms with E-state index in [1.165, 1.54) is 6.07 Å². The molecule has 4 rings (SSSR count). The van der Waals surface area contributed by atoms with Gasteiger partial charge in [0.05, 0.1) is 12.4 Å². The first kappa shape index (κ1) is 17.4. The van der Waals surface area contributed by atoms with Gasteiger partial charge in [0.2, 0.25) is 0 Å². The second-order valence-corrected chi connectivity index (χ2v) is 7.93. The number of amides is 1. The quantitative estimate of drug-likeness (QED) is 0.676. The summed E-state index contributed by atoms with van der Waals surface area (Å²) in [5, 5.41) is 11.6. The van der Waals surface area contributed by atoms with Gasteiger partial charge in [-0.05, 0) is 52.5 Å². The van der Waals surface area contributed by atoms with Gasteiger partial charge >= 0.3 is 6.09 Å². The van der Waals surface area contributed by atoms with Crippen LogP contribution in [0, 0.1) is 21.4 Å². The van der Waals surface area contributed by atoms with E-state index in [4.69, 9.17) is 5.11 Å². The first-order valence-corrected chi connectivity index (χ1v) is 9.54. The Morgan fingerprint density at radius 1 is 1.35 bits per heavy atom. The summed E-state index contributed by atoms with van der Waals surface area (Å²) in [6.45, 7) is 1.75. The van der Waals surface area contributed by atoms with Crippen LogP contribution in [-0.4, -0.2) is 40.8 Å². The maximum Gasteiger partial charge on any atom is 0.404 e. The van der Waals surface area contributed by atoms with Gasteiger partial charge in [0.25, 0.3) is 0 Å². The van der Waals surface area contributed by atoms with Crippen LogP contribution in [0.3, 0.4) is 0 Å². The molecule has 2 aliphatic rings. The molecule has 26 heavy (non-hydrogen) atoms. The molecule has 2 fully saturated rings. The lowest BCUT2D eigenvalue weighted by Gasteiger charge is -2.26. The number of nitrogens with zero attached hydrogens (tertiary/aromatic N) is 3. The summed E-state index contributed by atoms with van der Waals surface area (Å²) in [4.78, 5) is 22.0. The highest BCUT2D eigenvalue weighted by atomic mass is 127. The van der Waals surface area contributed by atoms with Gasteiger partial charge in [0, 0.05) is 25.0 Å². The maximum atomic E-state index is 14.5. The van der Waals surface area contributed by atoms with Crippen LogP contribution in [0.1, 0.15) is 12.0 Å². The average Bonchev–Trinajstić information content (AvgIpc) is 3.28. The molecule has 1 aromatic carbocycles. The Hall–Kier alpha value is -1.97. The van der Waals surface area contributed by atoms with Gasteiger partial charge < -0.3 is 15.3 Å². The molecule has 2 aromatic rings. The molecule has 1 aliphatic carbocycles. The minimum absolute atomic E-state index is 0.182. The van der Waals surface area contributed by atoms with E-state index in [0.29, 0.717) is 5.56 Å². The molecule has 0 radical (unpaired) electrons. The summed E-state index contributed by atoms with van der Waals surface area (Å²) in [5.41, 5.74) is 0.120. The monoisotopic (exact) mass is 468 g/mol. The van der Waals surface area contributed by atoms with Crippen molar-refractivity contribution in [3.63, 3.8) is 0 Å². The number of piperidine rings is 1. The molecule has 2 N–H and O–H groups in total. The molecular weight excluding hydrogens is 450 g/mol. The van der Waals surface area contributed by atoms with Crippen LogP contribution in [-0.2, 0) is 5.41 Å². The summed E-state index contributed by atoms with van der Waals surface area (Å²) in [7, 11) is 0. The largest absolute Gasteiger partial charge is 0.465 e. The standard InChI is InChI=1S/C18H18FIN4O2/c19-14-4-2-1-3-12(14)18(10-23-17(25)26)11-5-6-24(9-13(11)18)16-8-21-15(20)7-22-16/h1-4,7-8,11,13,23H,5-6,9-10H2,(H,25,26)/t11-,13+,18-/m1/s1. The van der Waals surface area contributed by atoms with Crippen molar-refractivity contribution < 1.29 is 14.3 Å². The van der Waals surface area contributed by atoms with Gasteiger partial charge in [0.15, 0.2) is 0 Å². The summed E-state index contributed by atoms with van der Waals surface area (Å²) < 4.78 is 15.4. The molecule has 136 valence electrons. The number of anilines is 1. The zero-order valence-corrected chi connectivity index (χ0v) is 16.1. The minimum Gasteiger partial charge on any atom is -0.465 e. The predicted octanol–water partition coefficient (Wildman–Crippen LogP) is 2.88. The normalized spacial score (nSPS) is 26.9. The van der Waals surface area contributed by atoms with E-state index >= 15 is 0 Å². The van der Waals surface area contributed by atoms with E-state index in [2.05, 4.69) is 42.8 Å². The van der Waals surface area contributed by atoms with E-state index in [1.807, 2.05) is 6.07 Å². The number of hydrogen-bond acceptors (Lipinski definition) is 4. The summed E-state index contributed by atoms with van der Waals surface area (Å²) >= 11 is 2.12. The zero-order valence-electron chi connectivity index (χ0n) is 13.9. The molecule has 0 spiro atoms. The lowest BCUT2D eigenvalue weighted by molar-refractivity contribution is 0.192. The molecule has 0 bridgehead atoms. The van der Waals surface area contributed by atoms with Crippen molar-refractivity contribution in [3.05, 3.63) is 51.7 Å². The van der Waals surface area contributed by atoms with Gasteiger partial charge in [0.1, 0.15) is 15.3 Å². The van der Waals surface area contributed by atoms with Crippen molar-refractivity contribution in [1.82, 2.24) is 15.3 Å². The predicted molar refractivity (Wildman–Crippen MR) is 103 cm³/mol. The number of rotatable bonds is 4. The Bertz CT molecular complexity index is 834. The molecule has 2 heterocycles. The average molecular weight is 468 g/mol. The van der Waals surface area contributed by atoms with E-state index in [1.54, 1.807) is 24.5 Å². The zero-order chi connectivity index (χ0) is 18.3. The number of fused-ring (bicyclic) bond motifs is 1. The van der Waals surface area contributed by atoms with Gasteiger partial charge in [-0.15, -0.1) is 0 Å². The molecule has 0 unspecified atom stereocenters. The van der Waals surface area contributed by atoms with Gasteiger partial charge in [-0.25, -0.2) is 19.2 Å². The van der Waals surface area contributed by atoms with E-state index in [0.717, 1.165) is 29.0 Å². The highest BCUT2D eigenvalue weighted by Gasteiger charge is 2.67. The van der Waals surface area contributed by atoms with Crippen LogP contribution in [0.4, 0.5) is 15.0 Å². The number of aromatic nitrogens is 2. The van der Waals surface area contributed by atoms with Crippen LogP contribution in [0.15, 0.2) is 36.7 Å². The fourth-order valence-electron chi connectivity index (χ4n) is 4.47. The molecule has 1 aromatic heterocycles. The molecule has 1 saturated carbocycles. The van der Waals surface area contributed by atoms with Crippen LogP contribution in [0.2, 0.25) is 0 Å². The summed E-state index contributed by atoms with van der Waals surface area (Å²) in [6.07, 6.45) is 3.27. The van der Waals surface area contributed by atoms with Crippen molar-refractivity contribution in [2.24, 2.45) is 11.8 Å². The van der Waals surface area contributed by atoms with Crippen molar-refractivity contribution in [2.45, 2.75) is 11.8 Å². The molecule has 3 atom stereocenters. The highest BCUT2D eigenvalue weighted by Crippen LogP contribution is 2.63. The number of halogens is 2.